The first-order valence-electron chi connectivity index (χ1n) is 5.07. The Morgan fingerprint density at radius 2 is 2.24 bits per heavy atom. The summed E-state index contributed by atoms with van der Waals surface area (Å²) >= 11 is 12.0. The van der Waals surface area contributed by atoms with Gasteiger partial charge in [0.15, 0.2) is 5.82 Å². The van der Waals surface area contributed by atoms with Crippen LogP contribution in [0.2, 0.25) is 10.0 Å². The first kappa shape index (κ1) is 12.3. The number of halogens is 2. The number of nitrogens with one attached hydrogen (secondary N) is 2. The summed E-state index contributed by atoms with van der Waals surface area (Å²) in [4.78, 5) is 0. The summed E-state index contributed by atoms with van der Waals surface area (Å²) in [6.07, 6.45) is 0. The maximum absolute atomic E-state index is 6.10. The zero-order valence-electron chi connectivity index (χ0n) is 9.11. The summed E-state index contributed by atoms with van der Waals surface area (Å²) in [6, 6.07) is 5.45. The van der Waals surface area contributed by atoms with E-state index in [0.717, 1.165) is 5.56 Å². The van der Waals surface area contributed by atoms with Gasteiger partial charge in [-0.15, -0.1) is 10.2 Å². The molecule has 0 amide bonds. The fraction of sp³-hybridized carbons (Fsp3) is 0.300. The van der Waals surface area contributed by atoms with Gasteiger partial charge in [-0.1, -0.05) is 28.4 Å². The molecule has 0 aliphatic heterocycles. The fourth-order valence-corrected chi connectivity index (χ4v) is 1.92. The quantitative estimate of drug-likeness (QED) is 0.896. The van der Waals surface area contributed by atoms with Gasteiger partial charge < -0.3 is 5.32 Å². The Bertz CT molecular complexity index is 485. The minimum absolute atomic E-state index is 0.0553. The SMILES string of the molecule is CC(NCc1nn[nH]n1)c1cc(Cl)ccc1Cl. The van der Waals surface area contributed by atoms with Crippen molar-refractivity contribution in [3.8, 4) is 0 Å². The van der Waals surface area contributed by atoms with E-state index in [9.17, 15) is 0 Å². The molecule has 0 saturated heterocycles. The molecule has 1 heterocycles. The number of hydrogen-bond acceptors (Lipinski definition) is 4. The van der Waals surface area contributed by atoms with E-state index < -0.39 is 0 Å². The Balaban J connectivity index is 2.04. The number of rotatable bonds is 4. The lowest BCUT2D eigenvalue weighted by atomic mass is 10.1. The van der Waals surface area contributed by atoms with Crippen LogP contribution in [0.1, 0.15) is 24.4 Å². The molecule has 90 valence electrons. The molecule has 0 radical (unpaired) electrons. The number of nitrogens with zero attached hydrogens (tertiary/aromatic N) is 3. The lowest BCUT2D eigenvalue weighted by Gasteiger charge is -2.14. The first-order chi connectivity index (χ1) is 8.16. The molecule has 2 N–H and O–H groups in total. The second-order valence-electron chi connectivity index (χ2n) is 3.60. The average molecular weight is 272 g/mol. The van der Waals surface area contributed by atoms with Crippen molar-refractivity contribution in [3.63, 3.8) is 0 Å². The third-order valence-corrected chi connectivity index (χ3v) is 2.96. The molecule has 7 heteroatoms. The Morgan fingerprint density at radius 1 is 1.41 bits per heavy atom. The Morgan fingerprint density at radius 3 is 2.94 bits per heavy atom. The van der Waals surface area contributed by atoms with Crippen LogP contribution in [-0.2, 0) is 6.54 Å². The predicted molar refractivity (Wildman–Crippen MR) is 65.9 cm³/mol. The highest BCUT2D eigenvalue weighted by molar-refractivity contribution is 6.33. The minimum Gasteiger partial charge on any atom is -0.303 e. The number of tetrazole rings is 1. The second kappa shape index (κ2) is 5.44. The molecule has 2 rings (SSSR count). The summed E-state index contributed by atoms with van der Waals surface area (Å²) in [7, 11) is 0. The molecule has 2 aromatic rings. The van der Waals surface area contributed by atoms with Crippen LogP contribution in [0.15, 0.2) is 18.2 Å². The summed E-state index contributed by atoms with van der Waals surface area (Å²) in [6.45, 7) is 2.51. The summed E-state index contributed by atoms with van der Waals surface area (Å²) in [5.74, 6) is 0.606. The van der Waals surface area contributed by atoms with Crippen molar-refractivity contribution < 1.29 is 0 Å². The molecule has 1 atom stereocenters. The van der Waals surface area contributed by atoms with Crippen LogP contribution in [0.3, 0.4) is 0 Å². The van der Waals surface area contributed by atoms with Crippen molar-refractivity contribution >= 4 is 23.2 Å². The van der Waals surface area contributed by atoms with Gasteiger partial charge in [-0.2, -0.15) is 5.21 Å². The second-order valence-corrected chi connectivity index (χ2v) is 4.44. The summed E-state index contributed by atoms with van der Waals surface area (Å²) in [5.41, 5.74) is 0.947. The normalized spacial score (nSPS) is 12.6. The summed E-state index contributed by atoms with van der Waals surface area (Å²) < 4.78 is 0. The van der Waals surface area contributed by atoms with Gasteiger partial charge in [-0.3, -0.25) is 0 Å². The highest BCUT2D eigenvalue weighted by Crippen LogP contribution is 2.26. The van der Waals surface area contributed by atoms with Gasteiger partial charge in [0.25, 0.3) is 0 Å². The van der Waals surface area contributed by atoms with E-state index in [-0.39, 0.29) is 6.04 Å². The number of aromatic amines is 1. The van der Waals surface area contributed by atoms with E-state index in [2.05, 4.69) is 25.9 Å². The average Bonchev–Trinajstić information content (AvgIpc) is 2.82. The van der Waals surface area contributed by atoms with E-state index in [1.807, 2.05) is 13.0 Å². The molecule has 0 bridgehead atoms. The maximum atomic E-state index is 6.10. The molecule has 1 aromatic heterocycles. The number of hydrogen-bond donors (Lipinski definition) is 2. The Labute approximate surface area is 109 Å². The molecule has 5 nitrogen and oxygen atoms in total. The topological polar surface area (TPSA) is 66.5 Å². The van der Waals surface area contributed by atoms with Crippen LogP contribution in [-0.4, -0.2) is 20.6 Å². The number of H-pyrrole nitrogens is 1. The zero-order valence-corrected chi connectivity index (χ0v) is 10.6. The Hall–Kier alpha value is -1.17. The van der Waals surface area contributed by atoms with E-state index in [4.69, 9.17) is 23.2 Å². The third kappa shape index (κ3) is 3.15. The minimum atomic E-state index is 0.0553. The van der Waals surface area contributed by atoms with Gasteiger partial charge in [-0.25, -0.2) is 0 Å². The standard InChI is InChI=1S/C10H11Cl2N5/c1-6(13-5-10-14-16-17-15-10)8-4-7(11)2-3-9(8)12/h2-4,6,13H,5H2,1H3,(H,14,15,16,17). The van der Waals surface area contributed by atoms with Crippen LogP contribution in [0.5, 0.6) is 0 Å². The third-order valence-electron chi connectivity index (χ3n) is 2.38. The molecule has 1 aromatic carbocycles. The van der Waals surface area contributed by atoms with Gasteiger partial charge in [0.1, 0.15) is 0 Å². The maximum Gasteiger partial charge on any atom is 0.188 e. The fourth-order valence-electron chi connectivity index (χ4n) is 1.46. The van der Waals surface area contributed by atoms with Crippen molar-refractivity contribution in [2.45, 2.75) is 19.5 Å². The van der Waals surface area contributed by atoms with E-state index >= 15 is 0 Å². The largest absolute Gasteiger partial charge is 0.303 e. The lowest BCUT2D eigenvalue weighted by molar-refractivity contribution is 0.560. The van der Waals surface area contributed by atoms with Gasteiger partial charge in [0.2, 0.25) is 0 Å². The van der Waals surface area contributed by atoms with Crippen molar-refractivity contribution in [3.05, 3.63) is 39.6 Å². The van der Waals surface area contributed by atoms with Gasteiger partial charge in [0, 0.05) is 16.1 Å². The molecule has 0 aliphatic rings. The van der Waals surface area contributed by atoms with Crippen molar-refractivity contribution in [1.82, 2.24) is 25.9 Å². The highest BCUT2D eigenvalue weighted by atomic mass is 35.5. The van der Waals surface area contributed by atoms with Crippen LogP contribution in [0.4, 0.5) is 0 Å². The van der Waals surface area contributed by atoms with Crippen molar-refractivity contribution in [1.29, 1.82) is 0 Å². The van der Waals surface area contributed by atoms with Crippen LogP contribution in [0, 0.1) is 0 Å². The molecular formula is C10H11Cl2N5. The monoisotopic (exact) mass is 271 g/mol. The number of aromatic nitrogens is 4. The van der Waals surface area contributed by atoms with E-state index in [0.29, 0.717) is 22.4 Å². The van der Waals surface area contributed by atoms with Crippen molar-refractivity contribution in [2.75, 3.05) is 0 Å². The molecular weight excluding hydrogens is 261 g/mol. The van der Waals surface area contributed by atoms with E-state index in [1.54, 1.807) is 12.1 Å². The smallest absolute Gasteiger partial charge is 0.188 e. The van der Waals surface area contributed by atoms with Gasteiger partial charge >= 0.3 is 0 Å². The lowest BCUT2D eigenvalue weighted by Crippen LogP contribution is -2.19. The van der Waals surface area contributed by atoms with Gasteiger partial charge in [-0.05, 0) is 30.7 Å². The molecule has 1 unspecified atom stereocenters. The van der Waals surface area contributed by atoms with Crippen LogP contribution < -0.4 is 5.32 Å². The zero-order chi connectivity index (χ0) is 12.3. The van der Waals surface area contributed by atoms with Crippen molar-refractivity contribution in [2.24, 2.45) is 0 Å². The molecule has 0 spiro atoms. The summed E-state index contributed by atoms with van der Waals surface area (Å²) in [5, 5.41) is 18.2. The predicted octanol–water partition coefficient (Wildman–Crippen LogP) is 2.36. The molecule has 0 aliphatic carbocycles. The molecule has 0 fully saturated rings. The Kier molecular flexibility index (Phi) is 3.93. The highest BCUT2D eigenvalue weighted by Gasteiger charge is 2.10. The first-order valence-corrected chi connectivity index (χ1v) is 5.83. The molecule has 17 heavy (non-hydrogen) atoms. The van der Waals surface area contributed by atoms with Gasteiger partial charge in [0.05, 0.1) is 6.54 Å². The number of benzene rings is 1. The van der Waals surface area contributed by atoms with Crippen LogP contribution >= 0.6 is 23.2 Å². The molecule has 0 saturated carbocycles. The van der Waals surface area contributed by atoms with E-state index in [1.165, 1.54) is 0 Å². The van der Waals surface area contributed by atoms with Crippen LogP contribution in [0.25, 0.3) is 0 Å².